The predicted molar refractivity (Wildman–Crippen MR) is 122 cm³/mol. The molecule has 0 spiro atoms. The zero-order valence-corrected chi connectivity index (χ0v) is 18.4. The molecule has 4 rings (SSSR count). The molecule has 33 heavy (non-hydrogen) atoms. The lowest BCUT2D eigenvalue weighted by atomic mass is 10.1. The van der Waals surface area contributed by atoms with Crippen molar-refractivity contribution in [1.82, 2.24) is 0 Å². The lowest BCUT2D eigenvalue weighted by molar-refractivity contribution is -0.384. The van der Waals surface area contributed by atoms with Gasteiger partial charge in [0, 0.05) is 17.7 Å². The molecule has 0 aliphatic carbocycles. The van der Waals surface area contributed by atoms with E-state index >= 15 is 0 Å². The molecule has 2 N–H and O–H groups in total. The Hall–Kier alpha value is -4.09. The van der Waals surface area contributed by atoms with Gasteiger partial charge in [-0.25, -0.2) is 13.6 Å². The van der Waals surface area contributed by atoms with Gasteiger partial charge in [-0.15, -0.1) is 0 Å². The van der Waals surface area contributed by atoms with Crippen LogP contribution in [0.1, 0.15) is 18.2 Å². The highest BCUT2D eigenvalue weighted by atomic mass is 32.2. The molecule has 0 radical (unpaired) electrons. The number of nitro benzene ring substituents is 1. The van der Waals surface area contributed by atoms with Gasteiger partial charge in [-0.3, -0.25) is 14.9 Å². The zero-order chi connectivity index (χ0) is 23.9. The Labute approximate surface area is 188 Å². The Bertz CT molecular complexity index is 1450. The van der Waals surface area contributed by atoms with Crippen LogP contribution in [0.2, 0.25) is 0 Å². The molecule has 0 saturated carbocycles. The number of aryl methyl sites for hydroxylation is 1. The maximum atomic E-state index is 12.9. The third-order valence-corrected chi connectivity index (χ3v) is 6.01. The molecule has 168 valence electrons. The average molecular weight is 466 g/mol. The third-order valence-electron chi connectivity index (χ3n) is 5.08. The minimum atomic E-state index is -3.85. The van der Waals surface area contributed by atoms with Crippen molar-refractivity contribution < 1.29 is 22.6 Å². The molecule has 0 saturated heterocycles. The fraction of sp³-hybridized carbons (Fsp3) is 0.0909. The van der Waals surface area contributed by atoms with Gasteiger partial charge in [0.2, 0.25) is 10.0 Å². The number of primary sulfonamides is 1. The predicted octanol–water partition coefficient (Wildman–Crippen LogP) is 3.62. The van der Waals surface area contributed by atoms with E-state index in [1.807, 2.05) is 6.92 Å². The van der Waals surface area contributed by atoms with E-state index in [1.165, 1.54) is 42.5 Å². The molecule has 1 aliphatic rings. The highest BCUT2D eigenvalue weighted by Gasteiger charge is 2.29. The van der Waals surface area contributed by atoms with Crippen LogP contribution in [0.25, 0.3) is 17.4 Å². The number of anilines is 1. The molecule has 10 nitrogen and oxygen atoms in total. The summed E-state index contributed by atoms with van der Waals surface area (Å²) in [6.07, 6.45) is 1.54. The summed E-state index contributed by atoms with van der Waals surface area (Å²) in [4.78, 5) is 23.5. The number of carbonyl (C=O) groups is 1. The maximum Gasteiger partial charge on any atom is 0.280 e. The summed E-state index contributed by atoms with van der Waals surface area (Å²) in [5.74, 6) is 0.388. The molecular formula is C22H18N4O6S. The fourth-order valence-corrected chi connectivity index (χ4v) is 3.86. The minimum absolute atomic E-state index is 0.0510. The Morgan fingerprint density at radius 2 is 1.79 bits per heavy atom. The van der Waals surface area contributed by atoms with Crippen molar-refractivity contribution in [3.63, 3.8) is 0 Å². The second-order valence-corrected chi connectivity index (χ2v) is 8.92. The van der Waals surface area contributed by atoms with Crippen molar-refractivity contribution in [3.8, 4) is 11.3 Å². The van der Waals surface area contributed by atoms with Crippen LogP contribution in [0.4, 0.5) is 11.4 Å². The van der Waals surface area contributed by atoms with E-state index in [0.717, 1.165) is 10.6 Å². The molecule has 2 heterocycles. The van der Waals surface area contributed by atoms with Crippen LogP contribution in [0.15, 0.2) is 74.6 Å². The first-order chi connectivity index (χ1) is 15.5. The van der Waals surface area contributed by atoms with Gasteiger partial charge in [0.1, 0.15) is 11.5 Å². The van der Waals surface area contributed by atoms with Crippen molar-refractivity contribution >= 4 is 39.1 Å². The highest BCUT2D eigenvalue weighted by molar-refractivity contribution is 7.89. The van der Waals surface area contributed by atoms with Crippen LogP contribution >= 0.6 is 0 Å². The van der Waals surface area contributed by atoms with Gasteiger partial charge >= 0.3 is 0 Å². The third kappa shape index (κ3) is 4.31. The molecule has 1 aromatic heterocycles. The second kappa shape index (κ2) is 8.11. The van der Waals surface area contributed by atoms with E-state index in [0.29, 0.717) is 34.1 Å². The highest BCUT2D eigenvalue weighted by Crippen LogP contribution is 2.31. The summed E-state index contributed by atoms with van der Waals surface area (Å²) in [6, 6.07) is 13.3. The first-order valence-electron chi connectivity index (χ1n) is 9.64. The Balaban J connectivity index is 1.62. The summed E-state index contributed by atoms with van der Waals surface area (Å²) in [5.41, 5.74) is 2.45. The minimum Gasteiger partial charge on any atom is -0.457 e. The van der Waals surface area contributed by atoms with Crippen LogP contribution in [-0.4, -0.2) is 25.0 Å². The number of nitrogens with zero attached hydrogens (tertiary/aromatic N) is 3. The zero-order valence-electron chi connectivity index (χ0n) is 17.6. The van der Waals surface area contributed by atoms with Crippen LogP contribution < -0.4 is 10.1 Å². The number of nitrogens with two attached hydrogens (primary N) is 1. The molecule has 1 amide bonds. The van der Waals surface area contributed by atoms with E-state index in [-0.39, 0.29) is 10.6 Å². The molecule has 2 aromatic carbocycles. The first kappa shape index (κ1) is 22.1. The number of carbonyl (C=O) groups excluding carboxylic acids is 1. The van der Waals surface area contributed by atoms with Crippen molar-refractivity contribution in [1.29, 1.82) is 0 Å². The van der Waals surface area contributed by atoms with E-state index in [4.69, 9.17) is 9.56 Å². The van der Waals surface area contributed by atoms with Gasteiger partial charge in [-0.1, -0.05) is 6.07 Å². The number of rotatable bonds is 5. The summed E-state index contributed by atoms with van der Waals surface area (Å²) < 4.78 is 28.7. The van der Waals surface area contributed by atoms with E-state index in [1.54, 1.807) is 25.1 Å². The Morgan fingerprint density at radius 1 is 1.09 bits per heavy atom. The molecule has 0 bridgehead atoms. The van der Waals surface area contributed by atoms with Gasteiger partial charge < -0.3 is 4.42 Å². The second-order valence-electron chi connectivity index (χ2n) is 7.36. The summed E-state index contributed by atoms with van der Waals surface area (Å²) >= 11 is 0. The van der Waals surface area contributed by atoms with Crippen molar-refractivity contribution in [2.24, 2.45) is 10.2 Å². The monoisotopic (exact) mass is 466 g/mol. The standard InChI is InChI=1S/C22H18N4O6S/c1-13-3-4-16(26(28)29)11-19(13)21-10-7-17(32-21)12-20-14(2)24-25(22(20)27)15-5-8-18(9-6-15)33(23,30)31/h3-12H,1-2H3,(H2,23,30,31)/b20-12+. The smallest absolute Gasteiger partial charge is 0.280 e. The van der Waals surface area contributed by atoms with Crippen LogP contribution in [0, 0.1) is 17.0 Å². The van der Waals surface area contributed by atoms with Gasteiger partial charge in [-0.2, -0.15) is 10.1 Å². The number of non-ortho nitro benzene ring substituents is 1. The van der Waals surface area contributed by atoms with Gasteiger partial charge in [0.05, 0.1) is 26.8 Å². The Morgan fingerprint density at radius 3 is 2.42 bits per heavy atom. The van der Waals surface area contributed by atoms with Crippen molar-refractivity contribution in [2.45, 2.75) is 18.7 Å². The number of benzene rings is 2. The largest absolute Gasteiger partial charge is 0.457 e. The SMILES string of the molecule is CC1=NN(c2ccc(S(N)(=O)=O)cc2)C(=O)/C1=C/c1ccc(-c2cc([N+](=O)[O-])ccc2C)o1. The molecular weight excluding hydrogens is 448 g/mol. The number of hydrogen-bond acceptors (Lipinski definition) is 7. The lowest BCUT2D eigenvalue weighted by Crippen LogP contribution is -2.21. The average Bonchev–Trinajstić information content (AvgIpc) is 3.33. The number of nitro groups is 1. The molecule has 0 atom stereocenters. The molecule has 11 heteroatoms. The number of amides is 1. The summed E-state index contributed by atoms with van der Waals surface area (Å²) in [5, 5.41) is 21.6. The topological polar surface area (TPSA) is 149 Å². The fourth-order valence-electron chi connectivity index (χ4n) is 3.34. The number of sulfonamides is 1. The summed E-state index contributed by atoms with van der Waals surface area (Å²) in [7, 11) is -3.85. The Kier molecular flexibility index (Phi) is 5.44. The van der Waals surface area contributed by atoms with Crippen LogP contribution in [0.5, 0.6) is 0 Å². The van der Waals surface area contributed by atoms with Gasteiger partial charge in [0.15, 0.2) is 0 Å². The van der Waals surface area contributed by atoms with Crippen LogP contribution in [0.3, 0.4) is 0 Å². The maximum absolute atomic E-state index is 12.9. The van der Waals surface area contributed by atoms with Crippen LogP contribution in [-0.2, 0) is 14.8 Å². The number of hydrazone groups is 1. The number of hydrogen-bond donors (Lipinski definition) is 1. The van der Waals surface area contributed by atoms with Gasteiger partial charge in [0.25, 0.3) is 11.6 Å². The van der Waals surface area contributed by atoms with Crippen molar-refractivity contribution in [2.75, 3.05) is 5.01 Å². The lowest BCUT2D eigenvalue weighted by Gasteiger charge is -2.12. The number of furan rings is 1. The molecule has 3 aromatic rings. The molecule has 0 unspecified atom stereocenters. The van der Waals surface area contributed by atoms with E-state index in [2.05, 4.69) is 5.10 Å². The molecule has 1 aliphatic heterocycles. The summed E-state index contributed by atoms with van der Waals surface area (Å²) in [6.45, 7) is 3.48. The van der Waals surface area contributed by atoms with Gasteiger partial charge in [-0.05, 0) is 61.9 Å². The van der Waals surface area contributed by atoms with Crippen molar-refractivity contribution in [3.05, 3.63) is 81.6 Å². The quantitative estimate of drug-likeness (QED) is 0.345. The normalized spacial score (nSPS) is 15.2. The first-order valence-corrected chi connectivity index (χ1v) is 11.2. The van der Waals surface area contributed by atoms with E-state index in [9.17, 15) is 23.3 Å². The van der Waals surface area contributed by atoms with E-state index < -0.39 is 20.9 Å². The molecule has 0 fully saturated rings.